The smallest absolute Gasteiger partial charge is 0.406 e. The van der Waals surface area contributed by atoms with Crippen molar-refractivity contribution < 1.29 is 17.9 Å². The molecule has 2 rings (SSSR count). The number of alkyl halides is 4. The van der Waals surface area contributed by atoms with Gasteiger partial charge in [-0.2, -0.15) is 5.10 Å². The average molecular weight is 335 g/mol. The summed E-state index contributed by atoms with van der Waals surface area (Å²) in [5.74, 6) is -0.252. The Morgan fingerprint density at radius 2 is 1.84 bits per heavy atom. The van der Waals surface area contributed by atoms with Crippen molar-refractivity contribution in [1.29, 1.82) is 0 Å². The zero-order chi connectivity index (χ0) is 14.0. The molecule has 102 valence electrons. The van der Waals surface area contributed by atoms with Gasteiger partial charge in [0, 0.05) is 6.20 Å². The van der Waals surface area contributed by atoms with Crippen molar-refractivity contribution >= 4 is 15.9 Å². The predicted molar refractivity (Wildman–Crippen MR) is 67.6 cm³/mol. The number of hydrogen-bond acceptors (Lipinski definition) is 2. The molecule has 0 aliphatic heterocycles. The Morgan fingerprint density at radius 1 is 1.21 bits per heavy atom. The van der Waals surface area contributed by atoms with Crippen molar-refractivity contribution in [2.45, 2.75) is 18.1 Å². The molecule has 0 spiro atoms. The Morgan fingerprint density at radius 3 is 2.32 bits per heavy atom. The van der Waals surface area contributed by atoms with Gasteiger partial charge in [-0.25, -0.2) is 4.68 Å². The minimum absolute atomic E-state index is 0.113. The van der Waals surface area contributed by atoms with E-state index in [0.717, 1.165) is 5.69 Å². The first-order chi connectivity index (χ1) is 8.85. The van der Waals surface area contributed by atoms with Crippen LogP contribution in [0.5, 0.6) is 5.75 Å². The van der Waals surface area contributed by atoms with Gasteiger partial charge in [0.15, 0.2) is 0 Å². The molecule has 1 unspecified atom stereocenters. The lowest BCUT2D eigenvalue weighted by Gasteiger charge is -2.09. The van der Waals surface area contributed by atoms with E-state index in [2.05, 4.69) is 25.8 Å². The topological polar surface area (TPSA) is 27.1 Å². The summed E-state index contributed by atoms with van der Waals surface area (Å²) in [6, 6.07) is 7.36. The summed E-state index contributed by atoms with van der Waals surface area (Å²) in [6.07, 6.45) is -2.93. The van der Waals surface area contributed by atoms with Gasteiger partial charge in [-0.15, -0.1) is 13.2 Å². The van der Waals surface area contributed by atoms with Crippen LogP contribution < -0.4 is 4.74 Å². The lowest BCUT2D eigenvalue weighted by molar-refractivity contribution is -0.274. The maximum atomic E-state index is 12.0. The summed E-state index contributed by atoms with van der Waals surface area (Å²) in [5.41, 5.74) is 1.50. The molecule has 3 nitrogen and oxygen atoms in total. The molecule has 1 aromatic heterocycles. The molecule has 0 bridgehead atoms. The Balaban J connectivity index is 2.17. The average Bonchev–Trinajstić information content (AvgIpc) is 2.77. The largest absolute Gasteiger partial charge is 0.573 e. The first-order valence-electron chi connectivity index (χ1n) is 5.41. The maximum absolute atomic E-state index is 12.0. The molecule has 1 atom stereocenters. The molecular formula is C12H10BrF3N2O. The summed E-state index contributed by atoms with van der Waals surface area (Å²) in [7, 11) is 0. The standard InChI is InChI=1S/C12H10BrF3N2O/c1-8(13)11-6-7-18(17-11)9-2-4-10(5-3-9)19-12(14,15)16/h2-8H,1H3. The second-order valence-corrected chi connectivity index (χ2v) is 5.22. The molecule has 2 aromatic rings. The van der Waals surface area contributed by atoms with Crippen LogP contribution in [0.2, 0.25) is 0 Å². The van der Waals surface area contributed by atoms with Crippen LogP contribution in [-0.2, 0) is 0 Å². The van der Waals surface area contributed by atoms with Gasteiger partial charge in [-0.05, 0) is 37.3 Å². The lowest BCUT2D eigenvalue weighted by Crippen LogP contribution is -2.17. The molecule has 0 aliphatic rings. The van der Waals surface area contributed by atoms with Crippen LogP contribution >= 0.6 is 15.9 Å². The van der Waals surface area contributed by atoms with Gasteiger partial charge < -0.3 is 4.74 Å². The normalized spacial score (nSPS) is 13.3. The fraction of sp³-hybridized carbons (Fsp3) is 0.250. The van der Waals surface area contributed by atoms with Crippen molar-refractivity contribution in [2.24, 2.45) is 0 Å². The highest BCUT2D eigenvalue weighted by Crippen LogP contribution is 2.24. The Labute approximate surface area is 116 Å². The molecule has 0 saturated carbocycles. The highest BCUT2D eigenvalue weighted by molar-refractivity contribution is 9.09. The summed E-state index contributed by atoms with van der Waals surface area (Å²) in [5, 5.41) is 4.29. The van der Waals surface area contributed by atoms with Gasteiger partial charge in [-0.1, -0.05) is 15.9 Å². The van der Waals surface area contributed by atoms with E-state index < -0.39 is 6.36 Å². The third-order valence-corrected chi connectivity index (χ3v) is 2.82. The van der Waals surface area contributed by atoms with E-state index in [1.54, 1.807) is 10.9 Å². The van der Waals surface area contributed by atoms with E-state index in [1.807, 2.05) is 13.0 Å². The Kier molecular flexibility index (Phi) is 3.84. The third-order valence-electron chi connectivity index (χ3n) is 2.35. The van der Waals surface area contributed by atoms with Crippen LogP contribution in [-0.4, -0.2) is 16.1 Å². The second-order valence-electron chi connectivity index (χ2n) is 3.84. The highest BCUT2D eigenvalue weighted by atomic mass is 79.9. The monoisotopic (exact) mass is 334 g/mol. The first-order valence-corrected chi connectivity index (χ1v) is 6.32. The van der Waals surface area contributed by atoms with Crippen molar-refractivity contribution in [2.75, 3.05) is 0 Å². The molecule has 7 heteroatoms. The zero-order valence-electron chi connectivity index (χ0n) is 9.86. The van der Waals surface area contributed by atoms with Gasteiger partial charge in [0.2, 0.25) is 0 Å². The lowest BCUT2D eigenvalue weighted by atomic mass is 10.3. The second kappa shape index (κ2) is 5.24. The molecule has 0 radical (unpaired) electrons. The molecule has 1 heterocycles. The molecule has 0 fully saturated rings. The Bertz CT molecular complexity index is 549. The van der Waals surface area contributed by atoms with Crippen molar-refractivity contribution in [3.05, 3.63) is 42.2 Å². The van der Waals surface area contributed by atoms with Gasteiger partial charge in [0.05, 0.1) is 16.2 Å². The summed E-state index contributed by atoms with van der Waals surface area (Å²) >= 11 is 3.39. The molecule has 0 aliphatic carbocycles. The van der Waals surface area contributed by atoms with Crippen LogP contribution in [0.3, 0.4) is 0 Å². The van der Waals surface area contributed by atoms with Crippen LogP contribution in [0.15, 0.2) is 36.5 Å². The fourth-order valence-corrected chi connectivity index (χ4v) is 1.74. The third kappa shape index (κ3) is 3.73. The molecule has 19 heavy (non-hydrogen) atoms. The van der Waals surface area contributed by atoms with E-state index in [-0.39, 0.29) is 10.6 Å². The number of rotatable bonds is 3. The summed E-state index contributed by atoms with van der Waals surface area (Å²) < 4.78 is 41.4. The number of hydrogen-bond donors (Lipinski definition) is 0. The molecule has 0 saturated heterocycles. The van der Waals surface area contributed by atoms with Gasteiger partial charge in [0.25, 0.3) is 0 Å². The zero-order valence-corrected chi connectivity index (χ0v) is 11.4. The minimum Gasteiger partial charge on any atom is -0.406 e. The van der Waals surface area contributed by atoms with Gasteiger partial charge in [-0.3, -0.25) is 0 Å². The summed E-state index contributed by atoms with van der Waals surface area (Å²) in [6.45, 7) is 1.94. The molecule has 0 amide bonds. The van der Waals surface area contributed by atoms with Crippen molar-refractivity contribution in [1.82, 2.24) is 9.78 Å². The van der Waals surface area contributed by atoms with E-state index in [4.69, 9.17) is 0 Å². The quantitative estimate of drug-likeness (QED) is 0.785. The van der Waals surface area contributed by atoms with E-state index >= 15 is 0 Å². The van der Waals surface area contributed by atoms with Crippen LogP contribution in [0.1, 0.15) is 17.4 Å². The first kappa shape index (κ1) is 13.9. The maximum Gasteiger partial charge on any atom is 0.573 e. The van der Waals surface area contributed by atoms with Crippen LogP contribution in [0, 0.1) is 0 Å². The summed E-state index contributed by atoms with van der Waals surface area (Å²) in [4.78, 5) is 0.113. The Hall–Kier alpha value is -1.50. The molecule has 0 N–H and O–H groups in total. The van der Waals surface area contributed by atoms with E-state index in [9.17, 15) is 13.2 Å². The highest BCUT2D eigenvalue weighted by Gasteiger charge is 2.30. The van der Waals surface area contributed by atoms with Gasteiger partial charge in [0.1, 0.15) is 5.75 Å². The fourth-order valence-electron chi connectivity index (χ4n) is 1.49. The number of halogens is 4. The number of aromatic nitrogens is 2. The number of nitrogens with zero attached hydrogens (tertiary/aromatic N) is 2. The molecule has 1 aromatic carbocycles. The van der Waals surface area contributed by atoms with E-state index in [0.29, 0.717) is 5.69 Å². The van der Waals surface area contributed by atoms with E-state index in [1.165, 1.54) is 24.3 Å². The van der Waals surface area contributed by atoms with Crippen LogP contribution in [0.4, 0.5) is 13.2 Å². The SMILES string of the molecule is CC(Br)c1ccn(-c2ccc(OC(F)(F)F)cc2)n1. The number of benzene rings is 1. The molecular weight excluding hydrogens is 325 g/mol. The predicted octanol–water partition coefficient (Wildman–Crippen LogP) is 4.23. The van der Waals surface area contributed by atoms with Crippen molar-refractivity contribution in [3.8, 4) is 11.4 Å². The van der Waals surface area contributed by atoms with Crippen molar-refractivity contribution in [3.63, 3.8) is 0 Å². The minimum atomic E-state index is -4.67. The number of ether oxygens (including phenoxy) is 1. The van der Waals surface area contributed by atoms with Crippen LogP contribution in [0.25, 0.3) is 5.69 Å². The van der Waals surface area contributed by atoms with Gasteiger partial charge >= 0.3 is 6.36 Å².